The lowest BCUT2D eigenvalue weighted by molar-refractivity contribution is -0.131. The van der Waals surface area contributed by atoms with Crippen LogP contribution in [0.5, 0.6) is 0 Å². The summed E-state index contributed by atoms with van der Waals surface area (Å²) in [4.78, 5) is 12.4. The van der Waals surface area contributed by atoms with E-state index in [0.29, 0.717) is 18.7 Å². The maximum atomic E-state index is 13.2. The molecule has 0 fully saturated rings. The fourth-order valence-electron chi connectivity index (χ4n) is 1.52. The molecule has 1 N–H and O–H groups in total. The van der Waals surface area contributed by atoms with E-state index in [9.17, 15) is 9.18 Å². The molecule has 0 aromatic heterocycles. The van der Waals surface area contributed by atoms with Crippen molar-refractivity contribution >= 4 is 17.7 Å². The minimum atomic E-state index is -1.07. The van der Waals surface area contributed by atoms with Crippen LogP contribution >= 0.6 is 0 Å². The highest BCUT2D eigenvalue weighted by molar-refractivity contribution is 5.87. The highest BCUT2D eigenvalue weighted by Crippen LogP contribution is 2.22. The van der Waals surface area contributed by atoms with Crippen molar-refractivity contribution in [2.24, 2.45) is 0 Å². The molecule has 0 saturated heterocycles. The monoisotopic (exact) mass is 253 g/mol. The van der Waals surface area contributed by atoms with Crippen molar-refractivity contribution in [3.63, 3.8) is 0 Å². The standard InChI is InChI=1S/C13H16FNO3/c1-15(7-8-18-2)12-5-4-11(14)9-10(12)3-6-13(16)17/h3-6,9H,7-8H2,1-2H3,(H,16,17). The van der Waals surface area contributed by atoms with Gasteiger partial charge in [0.1, 0.15) is 5.82 Å². The van der Waals surface area contributed by atoms with E-state index in [1.165, 1.54) is 18.2 Å². The summed E-state index contributed by atoms with van der Waals surface area (Å²) in [6.45, 7) is 1.17. The summed E-state index contributed by atoms with van der Waals surface area (Å²) in [7, 11) is 3.44. The molecular formula is C13H16FNO3. The summed E-state index contributed by atoms with van der Waals surface area (Å²) < 4.78 is 18.1. The largest absolute Gasteiger partial charge is 0.478 e. The molecule has 0 aliphatic carbocycles. The highest BCUT2D eigenvalue weighted by Gasteiger charge is 2.07. The van der Waals surface area contributed by atoms with Gasteiger partial charge in [0.15, 0.2) is 0 Å². The van der Waals surface area contributed by atoms with Gasteiger partial charge >= 0.3 is 5.97 Å². The number of methoxy groups -OCH3 is 1. The Labute approximate surface area is 105 Å². The first-order valence-corrected chi connectivity index (χ1v) is 5.45. The van der Waals surface area contributed by atoms with Gasteiger partial charge in [-0.25, -0.2) is 9.18 Å². The normalized spacial score (nSPS) is 10.8. The Morgan fingerprint density at radius 2 is 2.28 bits per heavy atom. The van der Waals surface area contributed by atoms with Gasteiger partial charge in [-0.1, -0.05) is 0 Å². The predicted molar refractivity (Wildman–Crippen MR) is 68.2 cm³/mol. The summed E-state index contributed by atoms with van der Waals surface area (Å²) in [6.07, 6.45) is 2.37. The summed E-state index contributed by atoms with van der Waals surface area (Å²) in [5.74, 6) is -1.46. The number of rotatable bonds is 6. The lowest BCUT2D eigenvalue weighted by Gasteiger charge is -2.21. The van der Waals surface area contributed by atoms with E-state index >= 15 is 0 Å². The number of hydrogen-bond donors (Lipinski definition) is 1. The Kier molecular flexibility index (Phi) is 5.32. The molecule has 0 aliphatic rings. The molecule has 0 spiro atoms. The van der Waals surface area contributed by atoms with Crippen LogP contribution < -0.4 is 4.90 Å². The van der Waals surface area contributed by atoms with Gasteiger partial charge in [-0.05, 0) is 24.3 Å². The maximum absolute atomic E-state index is 13.2. The van der Waals surface area contributed by atoms with Crippen molar-refractivity contribution in [1.29, 1.82) is 0 Å². The fraction of sp³-hybridized carbons (Fsp3) is 0.308. The van der Waals surface area contributed by atoms with Gasteiger partial charge in [0.25, 0.3) is 0 Å². The Balaban J connectivity index is 2.98. The molecule has 1 aromatic carbocycles. The predicted octanol–water partition coefficient (Wildman–Crippen LogP) is 2.01. The van der Waals surface area contributed by atoms with Crippen molar-refractivity contribution in [3.8, 4) is 0 Å². The number of anilines is 1. The van der Waals surface area contributed by atoms with Crippen LogP contribution in [0, 0.1) is 5.82 Å². The second-order valence-corrected chi connectivity index (χ2v) is 3.79. The first-order chi connectivity index (χ1) is 8.54. The number of hydrogen-bond acceptors (Lipinski definition) is 3. The molecule has 5 heteroatoms. The number of carboxylic acids is 1. The van der Waals surface area contributed by atoms with E-state index in [4.69, 9.17) is 9.84 Å². The molecule has 98 valence electrons. The van der Waals surface area contributed by atoms with Crippen molar-refractivity contribution in [3.05, 3.63) is 35.7 Å². The van der Waals surface area contributed by atoms with Crippen molar-refractivity contribution < 1.29 is 19.0 Å². The van der Waals surface area contributed by atoms with E-state index in [0.717, 1.165) is 11.8 Å². The zero-order chi connectivity index (χ0) is 13.5. The molecule has 4 nitrogen and oxygen atoms in total. The number of ether oxygens (including phenoxy) is 1. The molecule has 0 aliphatic heterocycles. The summed E-state index contributed by atoms with van der Waals surface area (Å²) >= 11 is 0. The quantitative estimate of drug-likeness (QED) is 0.788. The van der Waals surface area contributed by atoms with E-state index < -0.39 is 11.8 Å². The molecule has 0 unspecified atom stereocenters. The summed E-state index contributed by atoms with van der Waals surface area (Å²) in [5.41, 5.74) is 1.28. The first kappa shape index (κ1) is 14.2. The van der Waals surface area contributed by atoms with Crippen LogP contribution in [-0.2, 0) is 9.53 Å². The fourth-order valence-corrected chi connectivity index (χ4v) is 1.52. The molecule has 1 rings (SSSR count). The molecule has 0 heterocycles. The zero-order valence-corrected chi connectivity index (χ0v) is 10.4. The van der Waals surface area contributed by atoms with E-state index in [-0.39, 0.29) is 0 Å². The summed E-state index contributed by atoms with van der Waals surface area (Å²) in [6, 6.07) is 4.27. The molecular weight excluding hydrogens is 237 g/mol. The van der Waals surface area contributed by atoms with Gasteiger partial charge in [-0.3, -0.25) is 0 Å². The number of nitrogens with zero attached hydrogens (tertiary/aromatic N) is 1. The lowest BCUT2D eigenvalue weighted by Crippen LogP contribution is -2.22. The zero-order valence-electron chi connectivity index (χ0n) is 10.4. The van der Waals surface area contributed by atoms with Crippen molar-refractivity contribution in [1.82, 2.24) is 0 Å². The molecule has 0 radical (unpaired) electrons. The van der Waals surface area contributed by atoms with Crippen LogP contribution in [0.25, 0.3) is 6.08 Å². The van der Waals surface area contributed by atoms with Gasteiger partial charge in [0.2, 0.25) is 0 Å². The molecule has 0 bridgehead atoms. The van der Waals surface area contributed by atoms with Crippen LogP contribution in [-0.4, -0.2) is 38.4 Å². The van der Waals surface area contributed by atoms with E-state index in [2.05, 4.69) is 0 Å². The molecule has 18 heavy (non-hydrogen) atoms. The minimum absolute atomic E-state index is 0.399. The Bertz CT molecular complexity index is 446. The Morgan fingerprint density at radius 1 is 1.56 bits per heavy atom. The molecule has 0 amide bonds. The third-order valence-corrected chi connectivity index (χ3v) is 2.44. The van der Waals surface area contributed by atoms with Crippen LogP contribution in [0.3, 0.4) is 0 Å². The van der Waals surface area contributed by atoms with Crippen molar-refractivity contribution in [2.75, 3.05) is 32.2 Å². The molecule has 1 aromatic rings. The first-order valence-electron chi connectivity index (χ1n) is 5.45. The Hall–Kier alpha value is -1.88. The molecule has 0 atom stereocenters. The topological polar surface area (TPSA) is 49.8 Å². The van der Waals surface area contributed by atoms with Crippen LogP contribution in [0.4, 0.5) is 10.1 Å². The van der Waals surface area contributed by atoms with Crippen LogP contribution in [0.15, 0.2) is 24.3 Å². The lowest BCUT2D eigenvalue weighted by atomic mass is 10.1. The third-order valence-electron chi connectivity index (χ3n) is 2.44. The highest BCUT2D eigenvalue weighted by atomic mass is 19.1. The van der Waals surface area contributed by atoms with E-state index in [1.54, 1.807) is 13.2 Å². The van der Waals surface area contributed by atoms with Crippen LogP contribution in [0.1, 0.15) is 5.56 Å². The second-order valence-electron chi connectivity index (χ2n) is 3.79. The van der Waals surface area contributed by atoms with Gasteiger partial charge < -0.3 is 14.7 Å². The average molecular weight is 253 g/mol. The number of carbonyl (C=O) groups is 1. The molecule has 0 saturated carbocycles. The third kappa shape index (κ3) is 4.18. The number of halogens is 1. The minimum Gasteiger partial charge on any atom is -0.478 e. The number of carboxylic acid groups (broad SMARTS) is 1. The van der Waals surface area contributed by atoms with Gasteiger partial charge in [0.05, 0.1) is 6.61 Å². The van der Waals surface area contributed by atoms with Gasteiger partial charge in [0, 0.05) is 38.0 Å². The second kappa shape index (κ2) is 6.76. The summed E-state index contributed by atoms with van der Waals surface area (Å²) in [5, 5.41) is 8.60. The van der Waals surface area contributed by atoms with Gasteiger partial charge in [-0.15, -0.1) is 0 Å². The number of benzene rings is 1. The smallest absolute Gasteiger partial charge is 0.328 e. The number of likely N-dealkylation sites (N-methyl/N-ethyl adjacent to an activating group) is 1. The van der Waals surface area contributed by atoms with E-state index in [1.807, 2.05) is 11.9 Å². The Morgan fingerprint density at radius 3 is 2.89 bits per heavy atom. The maximum Gasteiger partial charge on any atom is 0.328 e. The van der Waals surface area contributed by atoms with Crippen molar-refractivity contribution in [2.45, 2.75) is 0 Å². The number of aliphatic carboxylic acids is 1. The van der Waals surface area contributed by atoms with Crippen LogP contribution in [0.2, 0.25) is 0 Å². The SMILES string of the molecule is COCCN(C)c1ccc(F)cc1C=CC(=O)O. The average Bonchev–Trinajstić information content (AvgIpc) is 2.33. The van der Waals surface area contributed by atoms with Gasteiger partial charge in [-0.2, -0.15) is 0 Å².